The second-order valence-electron chi connectivity index (χ2n) is 8.85. The van der Waals surface area contributed by atoms with E-state index in [4.69, 9.17) is 9.15 Å². The number of carbonyl (C=O) groups excluding carboxylic acids is 4. The van der Waals surface area contributed by atoms with Gasteiger partial charge in [0.05, 0.1) is 12.8 Å². The van der Waals surface area contributed by atoms with Gasteiger partial charge in [-0.1, -0.05) is 0 Å². The fourth-order valence-corrected chi connectivity index (χ4v) is 5.71. The molecule has 1 aromatic rings. The molecule has 0 unspecified atom stereocenters. The number of ether oxygens (including phenoxy) is 1. The van der Waals surface area contributed by atoms with E-state index in [1.165, 1.54) is 25.5 Å². The van der Waals surface area contributed by atoms with Crippen LogP contribution in [0.15, 0.2) is 22.8 Å². The van der Waals surface area contributed by atoms with E-state index in [0.717, 1.165) is 19.3 Å². The lowest BCUT2D eigenvalue weighted by molar-refractivity contribution is -0.152. The molecule has 4 aliphatic rings. The maximum Gasteiger partial charge on any atom is 0.325 e. The molecule has 162 valence electrons. The molecule has 0 spiro atoms. The highest BCUT2D eigenvalue weighted by atomic mass is 16.5. The molecule has 1 aromatic heterocycles. The largest absolute Gasteiger partial charge is 0.467 e. The van der Waals surface area contributed by atoms with Crippen LogP contribution < -0.4 is 16.0 Å². The van der Waals surface area contributed by atoms with Crippen molar-refractivity contribution in [1.29, 1.82) is 0 Å². The summed E-state index contributed by atoms with van der Waals surface area (Å²) in [6, 6.07) is 2.64. The fourth-order valence-electron chi connectivity index (χ4n) is 5.71. The number of nitrogens with one attached hydrogen (secondary N) is 3. The highest BCUT2D eigenvalue weighted by molar-refractivity contribution is 5.95. The Hall–Kier alpha value is -2.84. The van der Waals surface area contributed by atoms with Crippen LogP contribution in [0, 0.1) is 23.2 Å². The van der Waals surface area contributed by atoms with Gasteiger partial charge in [0.25, 0.3) is 5.91 Å². The number of hydrogen-bond donors (Lipinski definition) is 3. The van der Waals surface area contributed by atoms with Crippen molar-refractivity contribution in [1.82, 2.24) is 16.0 Å². The van der Waals surface area contributed by atoms with Crippen LogP contribution in [0.3, 0.4) is 0 Å². The molecule has 4 amide bonds. The molecular formula is C21H27N3O6. The zero-order valence-corrected chi connectivity index (χ0v) is 16.8. The van der Waals surface area contributed by atoms with Crippen LogP contribution in [0.2, 0.25) is 0 Å². The van der Waals surface area contributed by atoms with Crippen molar-refractivity contribution in [2.75, 3.05) is 13.2 Å². The van der Waals surface area contributed by atoms with Gasteiger partial charge in [0.2, 0.25) is 5.91 Å². The van der Waals surface area contributed by atoms with Crippen molar-refractivity contribution in [2.24, 2.45) is 23.2 Å². The van der Waals surface area contributed by atoms with Crippen molar-refractivity contribution in [2.45, 2.75) is 45.1 Å². The molecule has 1 heterocycles. The lowest BCUT2D eigenvalue weighted by Crippen LogP contribution is -2.54. The maximum atomic E-state index is 12.8. The minimum absolute atomic E-state index is 0.0692. The predicted molar refractivity (Wildman–Crippen MR) is 104 cm³/mol. The summed E-state index contributed by atoms with van der Waals surface area (Å²) in [5, 5.41) is 7.21. The Kier molecular flexibility index (Phi) is 5.78. The van der Waals surface area contributed by atoms with Gasteiger partial charge in [-0.05, 0) is 68.4 Å². The van der Waals surface area contributed by atoms with E-state index in [2.05, 4.69) is 16.0 Å². The molecule has 0 atom stereocenters. The molecule has 0 radical (unpaired) electrons. The first kappa shape index (κ1) is 20.4. The number of amides is 4. The van der Waals surface area contributed by atoms with Gasteiger partial charge in [0.15, 0.2) is 6.61 Å². The number of urea groups is 1. The molecule has 4 saturated carbocycles. The van der Waals surface area contributed by atoms with Crippen LogP contribution in [0.5, 0.6) is 0 Å². The molecule has 4 aliphatic carbocycles. The van der Waals surface area contributed by atoms with Crippen LogP contribution in [0.4, 0.5) is 4.79 Å². The molecule has 0 aliphatic heterocycles. The number of esters is 1. The van der Waals surface area contributed by atoms with Gasteiger partial charge in [-0.15, -0.1) is 0 Å². The number of imide groups is 1. The number of carbonyl (C=O) groups is 4. The Morgan fingerprint density at radius 3 is 2.30 bits per heavy atom. The first-order valence-electron chi connectivity index (χ1n) is 10.5. The molecule has 0 saturated heterocycles. The van der Waals surface area contributed by atoms with Crippen LogP contribution in [-0.2, 0) is 25.7 Å². The lowest BCUT2D eigenvalue weighted by Gasteiger charge is -2.55. The Morgan fingerprint density at radius 1 is 1.03 bits per heavy atom. The maximum absolute atomic E-state index is 12.8. The SMILES string of the molecule is O=C(COC(=O)CNC(=O)C12CC3CC(CC(C3)C1)C2)NC(=O)NCc1ccco1. The summed E-state index contributed by atoms with van der Waals surface area (Å²) in [6.45, 7) is -0.749. The van der Waals surface area contributed by atoms with Gasteiger partial charge in [-0.25, -0.2) is 4.79 Å². The fraction of sp³-hybridized carbons (Fsp3) is 0.619. The van der Waals surface area contributed by atoms with Gasteiger partial charge >= 0.3 is 12.0 Å². The number of hydrogen-bond acceptors (Lipinski definition) is 6. The third-order valence-corrected chi connectivity index (χ3v) is 6.53. The normalized spacial score (nSPS) is 28.6. The Morgan fingerprint density at radius 2 is 1.70 bits per heavy atom. The Balaban J connectivity index is 1.14. The highest BCUT2D eigenvalue weighted by Crippen LogP contribution is 2.60. The summed E-state index contributed by atoms with van der Waals surface area (Å²) < 4.78 is 9.92. The van der Waals surface area contributed by atoms with Gasteiger partial charge in [-0.3, -0.25) is 19.7 Å². The second kappa shape index (κ2) is 8.49. The Labute approximate surface area is 174 Å². The van der Waals surface area contributed by atoms with Gasteiger partial charge < -0.3 is 19.8 Å². The van der Waals surface area contributed by atoms with Crippen molar-refractivity contribution in [3.63, 3.8) is 0 Å². The van der Waals surface area contributed by atoms with Crippen LogP contribution in [0.25, 0.3) is 0 Å². The van der Waals surface area contributed by atoms with E-state index in [9.17, 15) is 19.2 Å². The highest BCUT2D eigenvalue weighted by Gasteiger charge is 2.54. The first-order chi connectivity index (χ1) is 14.4. The van der Waals surface area contributed by atoms with Crippen LogP contribution >= 0.6 is 0 Å². The van der Waals surface area contributed by atoms with Crippen molar-refractivity contribution >= 4 is 23.8 Å². The zero-order chi connectivity index (χ0) is 21.1. The molecule has 4 fully saturated rings. The molecule has 3 N–H and O–H groups in total. The van der Waals surface area contributed by atoms with Crippen LogP contribution in [0.1, 0.15) is 44.3 Å². The van der Waals surface area contributed by atoms with Crippen molar-refractivity contribution in [3.05, 3.63) is 24.2 Å². The molecular weight excluding hydrogens is 390 g/mol. The summed E-state index contributed by atoms with van der Waals surface area (Å²) >= 11 is 0. The topological polar surface area (TPSA) is 127 Å². The average Bonchev–Trinajstić information content (AvgIpc) is 3.21. The number of furan rings is 1. The van der Waals surface area contributed by atoms with Gasteiger partial charge in [-0.2, -0.15) is 0 Å². The molecule has 30 heavy (non-hydrogen) atoms. The van der Waals surface area contributed by atoms with Crippen molar-refractivity contribution in [3.8, 4) is 0 Å². The molecule has 0 aromatic carbocycles. The molecule has 4 bridgehead atoms. The minimum Gasteiger partial charge on any atom is -0.467 e. The summed E-state index contributed by atoms with van der Waals surface area (Å²) in [4.78, 5) is 48.1. The third kappa shape index (κ3) is 4.66. The quantitative estimate of drug-likeness (QED) is 0.577. The molecule has 9 nitrogen and oxygen atoms in total. The van der Waals surface area contributed by atoms with Gasteiger partial charge in [0.1, 0.15) is 12.3 Å². The molecule has 5 rings (SSSR count). The smallest absolute Gasteiger partial charge is 0.325 e. The zero-order valence-electron chi connectivity index (χ0n) is 16.8. The summed E-state index contributed by atoms with van der Waals surface area (Å²) in [5.41, 5.74) is -0.335. The van der Waals surface area contributed by atoms with E-state index < -0.39 is 24.5 Å². The van der Waals surface area contributed by atoms with E-state index in [0.29, 0.717) is 23.5 Å². The van der Waals surface area contributed by atoms with E-state index in [1.807, 2.05) is 0 Å². The van der Waals surface area contributed by atoms with Crippen molar-refractivity contribution < 1.29 is 28.3 Å². The average molecular weight is 417 g/mol. The lowest BCUT2D eigenvalue weighted by atomic mass is 9.49. The van der Waals surface area contributed by atoms with E-state index in [1.54, 1.807) is 12.1 Å². The third-order valence-electron chi connectivity index (χ3n) is 6.53. The predicted octanol–water partition coefficient (Wildman–Crippen LogP) is 1.48. The monoisotopic (exact) mass is 417 g/mol. The number of rotatable bonds is 7. The first-order valence-corrected chi connectivity index (χ1v) is 10.5. The standard InChI is InChI=1S/C21H27N3O6/c25-17(24-20(28)23-10-16-2-1-3-29-16)12-30-18(26)11-22-19(27)21-7-13-4-14(8-21)6-15(5-13)9-21/h1-3,13-15H,4-12H2,(H,22,27)(H2,23,24,25,28). The Bertz CT molecular complexity index is 783. The summed E-state index contributed by atoms with van der Waals surface area (Å²) in [7, 11) is 0. The van der Waals surface area contributed by atoms with Crippen LogP contribution in [-0.4, -0.2) is 37.0 Å². The van der Waals surface area contributed by atoms with Gasteiger partial charge in [0, 0.05) is 5.41 Å². The van der Waals surface area contributed by atoms with E-state index >= 15 is 0 Å². The summed E-state index contributed by atoms with van der Waals surface area (Å²) in [6.07, 6.45) is 7.91. The second-order valence-corrected chi connectivity index (χ2v) is 8.85. The summed E-state index contributed by atoms with van der Waals surface area (Å²) in [5.74, 6) is 0.913. The van der Waals surface area contributed by atoms with E-state index in [-0.39, 0.29) is 24.4 Å². The molecule has 9 heteroatoms. The minimum atomic E-state index is -0.757.